The Kier molecular flexibility index (Phi) is 4.06. The van der Waals surface area contributed by atoms with Crippen molar-refractivity contribution in [3.8, 4) is 5.75 Å². The summed E-state index contributed by atoms with van der Waals surface area (Å²) in [5.41, 5.74) is 1.29. The summed E-state index contributed by atoms with van der Waals surface area (Å²) in [4.78, 5) is 15.4. The minimum absolute atomic E-state index is 0.242. The van der Waals surface area contributed by atoms with Crippen LogP contribution in [0.3, 0.4) is 0 Å². The summed E-state index contributed by atoms with van der Waals surface area (Å²) in [6.45, 7) is 1.67. The first-order chi connectivity index (χ1) is 9.01. The lowest BCUT2D eigenvalue weighted by molar-refractivity contribution is 0.0701. The minimum Gasteiger partial charge on any atom is -0.495 e. The van der Waals surface area contributed by atoms with Gasteiger partial charge < -0.3 is 15.2 Å². The van der Waals surface area contributed by atoms with Crippen molar-refractivity contribution in [1.82, 2.24) is 4.98 Å². The Morgan fingerprint density at radius 1 is 1.53 bits per heavy atom. The van der Waals surface area contributed by atoms with E-state index in [4.69, 9.17) is 9.84 Å². The predicted molar refractivity (Wildman–Crippen MR) is 77.8 cm³/mol. The van der Waals surface area contributed by atoms with Crippen LogP contribution in [0, 0.1) is 6.92 Å². The molecule has 0 bridgehead atoms. The molecule has 0 unspecified atom stereocenters. The van der Waals surface area contributed by atoms with Crippen LogP contribution in [-0.2, 0) is 0 Å². The van der Waals surface area contributed by atoms with E-state index in [2.05, 4.69) is 26.2 Å². The quantitative estimate of drug-likeness (QED) is 0.886. The number of aryl methyl sites for hydroxylation is 1. The standard InChI is InChI=1S/C12H11BrN2O3S/c1-6-10(11(16)17)19-12(14-6)15-7-3-4-8(13)9(5-7)18-2/h3-5H,1-2H3,(H,14,15)(H,16,17). The van der Waals surface area contributed by atoms with E-state index in [1.807, 2.05) is 12.1 Å². The molecule has 0 aliphatic carbocycles. The largest absolute Gasteiger partial charge is 0.495 e. The summed E-state index contributed by atoms with van der Waals surface area (Å²) in [5, 5.41) is 12.6. The number of anilines is 2. The summed E-state index contributed by atoms with van der Waals surface area (Å²) in [5.74, 6) is -0.270. The maximum atomic E-state index is 10.9. The zero-order chi connectivity index (χ0) is 14.0. The fraction of sp³-hybridized carbons (Fsp3) is 0.167. The molecule has 0 saturated carbocycles. The van der Waals surface area contributed by atoms with Crippen molar-refractivity contribution >= 4 is 44.1 Å². The van der Waals surface area contributed by atoms with E-state index in [9.17, 15) is 4.79 Å². The first-order valence-electron chi connectivity index (χ1n) is 5.32. The molecule has 100 valence electrons. The molecular formula is C12H11BrN2O3S. The van der Waals surface area contributed by atoms with Gasteiger partial charge in [0.2, 0.25) is 0 Å². The van der Waals surface area contributed by atoms with Gasteiger partial charge in [-0.2, -0.15) is 0 Å². The van der Waals surface area contributed by atoms with Crippen molar-refractivity contribution in [3.05, 3.63) is 33.2 Å². The van der Waals surface area contributed by atoms with Crippen LogP contribution in [0.4, 0.5) is 10.8 Å². The number of carbonyl (C=O) groups is 1. The summed E-state index contributed by atoms with van der Waals surface area (Å²) >= 11 is 4.47. The van der Waals surface area contributed by atoms with Gasteiger partial charge in [0.15, 0.2) is 5.13 Å². The van der Waals surface area contributed by atoms with Crippen LogP contribution in [0.1, 0.15) is 15.4 Å². The molecule has 0 spiro atoms. The van der Waals surface area contributed by atoms with Crippen molar-refractivity contribution in [1.29, 1.82) is 0 Å². The molecule has 2 aromatic rings. The molecule has 1 heterocycles. The zero-order valence-corrected chi connectivity index (χ0v) is 12.6. The lowest BCUT2D eigenvalue weighted by atomic mass is 10.3. The Hall–Kier alpha value is -1.60. The number of thiazole rings is 1. The maximum Gasteiger partial charge on any atom is 0.347 e. The average Bonchev–Trinajstić information content (AvgIpc) is 2.73. The molecule has 1 aromatic heterocycles. The number of methoxy groups -OCH3 is 1. The Balaban J connectivity index is 2.26. The van der Waals surface area contributed by atoms with E-state index in [1.54, 1.807) is 20.1 Å². The highest BCUT2D eigenvalue weighted by molar-refractivity contribution is 9.10. The van der Waals surface area contributed by atoms with Gasteiger partial charge >= 0.3 is 5.97 Å². The van der Waals surface area contributed by atoms with Crippen molar-refractivity contribution in [2.75, 3.05) is 12.4 Å². The molecule has 0 aliphatic rings. The second kappa shape index (κ2) is 5.58. The van der Waals surface area contributed by atoms with E-state index in [0.717, 1.165) is 21.5 Å². The Bertz CT molecular complexity index is 627. The number of aromatic nitrogens is 1. The highest BCUT2D eigenvalue weighted by Crippen LogP contribution is 2.31. The number of aromatic carboxylic acids is 1. The van der Waals surface area contributed by atoms with Gasteiger partial charge in [0.25, 0.3) is 0 Å². The third-order valence-electron chi connectivity index (χ3n) is 2.39. The Morgan fingerprint density at radius 3 is 2.84 bits per heavy atom. The molecule has 1 aromatic carbocycles. The third kappa shape index (κ3) is 3.05. The number of benzene rings is 1. The summed E-state index contributed by atoms with van der Waals surface area (Å²) in [6, 6.07) is 5.50. The van der Waals surface area contributed by atoms with Gasteiger partial charge in [0, 0.05) is 11.8 Å². The van der Waals surface area contributed by atoms with Crippen LogP contribution in [0.15, 0.2) is 22.7 Å². The first kappa shape index (κ1) is 13.8. The number of nitrogens with zero attached hydrogens (tertiary/aromatic N) is 1. The van der Waals surface area contributed by atoms with Gasteiger partial charge in [-0.25, -0.2) is 9.78 Å². The molecule has 0 atom stereocenters. The number of hydrogen-bond donors (Lipinski definition) is 2. The van der Waals surface area contributed by atoms with Crippen LogP contribution in [-0.4, -0.2) is 23.2 Å². The lowest BCUT2D eigenvalue weighted by Crippen LogP contribution is -1.94. The van der Waals surface area contributed by atoms with Crippen LogP contribution in [0.25, 0.3) is 0 Å². The molecule has 0 aliphatic heterocycles. The maximum absolute atomic E-state index is 10.9. The second-order valence-corrected chi connectivity index (χ2v) is 5.57. The van der Waals surface area contributed by atoms with Gasteiger partial charge in [-0.3, -0.25) is 0 Å². The number of hydrogen-bond acceptors (Lipinski definition) is 5. The van der Waals surface area contributed by atoms with Crippen LogP contribution in [0.5, 0.6) is 5.75 Å². The number of carboxylic acid groups (broad SMARTS) is 1. The molecule has 7 heteroatoms. The fourth-order valence-corrected chi connectivity index (χ4v) is 2.74. The highest BCUT2D eigenvalue weighted by atomic mass is 79.9. The minimum atomic E-state index is -0.962. The molecule has 5 nitrogen and oxygen atoms in total. The third-order valence-corrected chi connectivity index (χ3v) is 4.11. The molecule has 2 N–H and O–H groups in total. The lowest BCUT2D eigenvalue weighted by Gasteiger charge is -2.07. The van der Waals surface area contributed by atoms with Crippen LogP contribution in [0.2, 0.25) is 0 Å². The van der Waals surface area contributed by atoms with Gasteiger partial charge in [-0.15, -0.1) is 0 Å². The van der Waals surface area contributed by atoms with Crippen LogP contribution < -0.4 is 10.1 Å². The fourth-order valence-electron chi connectivity index (χ4n) is 1.51. The molecule has 2 rings (SSSR count). The number of rotatable bonds is 4. The number of nitrogens with one attached hydrogen (secondary N) is 1. The van der Waals surface area contributed by atoms with E-state index < -0.39 is 5.97 Å². The Morgan fingerprint density at radius 2 is 2.26 bits per heavy atom. The van der Waals surface area contributed by atoms with Crippen molar-refractivity contribution < 1.29 is 14.6 Å². The Labute approximate surface area is 122 Å². The van der Waals surface area contributed by atoms with E-state index >= 15 is 0 Å². The molecule has 0 radical (unpaired) electrons. The van der Waals surface area contributed by atoms with Crippen LogP contribution >= 0.6 is 27.3 Å². The normalized spacial score (nSPS) is 10.3. The number of carboxylic acids is 1. The van der Waals surface area contributed by atoms with Gasteiger partial charge in [0.1, 0.15) is 10.6 Å². The summed E-state index contributed by atoms with van der Waals surface area (Å²) in [6.07, 6.45) is 0. The zero-order valence-electron chi connectivity index (χ0n) is 10.2. The second-order valence-electron chi connectivity index (χ2n) is 3.71. The van der Waals surface area contributed by atoms with E-state index in [0.29, 0.717) is 16.6 Å². The average molecular weight is 343 g/mol. The molecule has 19 heavy (non-hydrogen) atoms. The van der Waals surface area contributed by atoms with Crippen molar-refractivity contribution in [3.63, 3.8) is 0 Å². The molecular weight excluding hydrogens is 332 g/mol. The SMILES string of the molecule is COc1cc(Nc2nc(C)c(C(=O)O)s2)ccc1Br. The highest BCUT2D eigenvalue weighted by Gasteiger charge is 2.14. The van der Waals surface area contributed by atoms with Gasteiger partial charge in [0.05, 0.1) is 17.3 Å². The summed E-state index contributed by atoms with van der Waals surface area (Å²) < 4.78 is 6.04. The number of ether oxygens (including phenoxy) is 1. The smallest absolute Gasteiger partial charge is 0.347 e. The first-order valence-corrected chi connectivity index (χ1v) is 6.93. The predicted octanol–water partition coefficient (Wildman–Crippen LogP) is 3.66. The molecule has 0 amide bonds. The monoisotopic (exact) mass is 342 g/mol. The number of halogens is 1. The van der Waals surface area contributed by atoms with Gasteiger partial charge in [-0.1, -0.05) is 11.3 Å². The molecule has 0 saturated heterocycles. The molecule has 0 fully saturated rings. The van der Waals surface area contributed by atoms with E-state index in [-0.39, 0.29) is 4.88 Å². The topological polar surface area (TPSA) is 71.5 Å². The van der Waals surface area contributed by atoms with Gasteiger partial charge in [-0.05, 0) is 35.0 Å². The summed E-state index contributed by atoms with van der Waals surface area (Å²) in [7, 11) is 1.58. The van der Waals surface area contributed by atoms with E-state index in [1.165, 1.54) is 0 Å². The van der Waals surface area contributed by atoms with Crippen molar-refractivity contribution in [2.45, 2.75) is 6.92 Å². The van der Waals surface area contributed by atoms with Crippen molar-refractivity contribution in [2.24, 2.45) is 0 Å².